The lowest BCUT2D eigenvalue weighted by atomic mass is 9.85. The SMILES string of the molecule is CN=C(NCCC(C)C)NCCN1C(=O)C2C3C=CC(C3)C2C1=O.I. The van der Waals surface area contributed by atoms with Crippen molar-refractivity contribution in [1.29, 1.82) is 0 Å². The lowest BCUT2D eigenvalue weighted by molar-refractivity contribution is -0.140. The molecule has 6 nitrogen and oxygen atoms in total. The van der Waals surface area contributed by atoms with Gasteiger partial charge in [0.2, 0.25) is 11.8 Å². The quantitative estimate of drug-likeness (QED) is 0.208. The lowest BCUT2D eigenvalue weighted by Gasteiger charge is -2.18. The van der Waals surface area contributed by atoms with Gasteiger partial charge in [-0.05, 0) is 30.6 Å². The summed E-state index contributed by atoms with van der Waals surface area (Å²) in [7, 11) is 1.73. The molecule has 25 heavy (non-hydrogen) atoms. The lowest BCUT2D eigenvalue weighted by Crippen LogP contribution is -2.44. The number of rotatable bonds is 6. The Bertz CT molecular complexity index is 545. The van der Waals surface area contributed by atoms with E-state index in [0.717, 1.165) is 25.3 Å². The molecule has 3 aliphatic rings. The number of nitrogens with zero attached hydrogens (tertiary/aromatic N) is 2. The first-order valence-corrected chi connectivity index (χ1v) is 9.01. The van der Waals surface area contributed by atoms with E-state index in [0.29, 0.717) is 19.0 Å². The van der Waals surface area contributed by atoms with Crippen LogP contribution in [0.4, 0.5) is 0 Å². The van der Waals surface area contributed by atoms with Crippen molar-refractivity contribution in [2.24, 2.45) is 34.6 Å². The second kappa shape index (κ2) is 8.51. The van der Waals surface area contributed by atoms with Gasteiger partial charge in [0.05, 0.1) is 11.8 Å². The minimum Gasteiger partial charge on any atom is -0.356 e. The molecule has 0 aromatic rings. The van der Waals surface area contributed by atoms with E-state index in [1.807, 2.05) is 0 Å². The molecule has 3 rings (SSSR count). The van der Waals surface area contributed by atoms with Gasteiger partial charge in [-0.3, -0.25) is 19.5 Å². The summed E-state index contributed by atoms with van der Waals surface area (Å²) in [6, 6.07) is 0. The Hall–Kier alpha value is -1.12. The van der Waals surface area contributed by atoms with Gasteiger partial charge in [-0.1, -0.05) is 26.0 Å². The van der Waals surface area contributed by atoms with Crippen LogP contribution in [0.2, 0.25) is 0 Å². The van der Waals surface area contributed by atoms with E-state index in [1.54, 1.807) is 7.05 Å². The van der Waals surface area contributed by atoms with E-state index in [2.05, 4.69) is 41.6 Å². The third-order valence-corrected chi connectivity index (χ3v) is 5.43. The molecule has 0 spiro atoms. The Balaban J connectivity index is 0.00000225. The number of nitrogens with one attached hydrogen (secondary N) is 2. The van der Waals surface area contributed by atoms with Crippen LogP contribution in [-0.2, 0) is 9.59 Å². The first-order valence-electron chi connectivity index (χ1n) is 9.01. The number of amides is 2. The summed E-state index contributed by atoms with van der Waals surface area (Å²) in [6.07, 6.45) is 6.30. The summed E-state index contributed by atoms with van der Waals surface area (Å²) >= 11 is 0. The minimum atomic E-state index is -0.101. The normalized spacial score (nSPS) is 30.1. The molecule has 0 aromatic heterocycles. The fourth-order valence-electron chi connectivity index (χ4n) is 4.17. The van der Waals surface area contributed by atoms with Crippen LogP contribution in [0.5, 0.6) is 0 Å². The Morgan fingerprint density at radius 3 is 2.24 bits per heavy atom. The molecule has 1 aliphatic heterocycles. The monoisotopic (exact) mass is 460 g/mol. The number of fused-ring (bicyclic) bond motifs is 5. The van der Waals surface area contributed by atoms with Crippen LogP contribution in [0.15, 0.2) is 17.1 Å². The third kappa shape index (κ3) is 4.01. The first-order chi connectivity index (χ1) is 11.5. The van der Waals surface area contributed by atoms with Crippen LogP contribution in [0.25, 0.3) is 0 Å². The molecule has 140 valence electrons. The molecule has 2 fully saturated rings. The van der Waals surface area contributed by atoms with E-state index >= 15 is 0 Å². The molecular weight excluding hydrogens is 431 g/mol. The molecule has 0 radical (unpaired) electrons. The maximum absolute atomic E-state index is 12.6. The van der Waals surface area contributed by atoms with Crippen molar-refractivity contribution >= 4 is 41.8 Å². The number of aliphatic imine (C=N–C) groups is 1. The van der Waals surface area contributed by atoms with Crippen molar-refractivity contribution in [2.45, 2.75) is 26.7 Å². The zero-order valence-electron chi connectivity index (χ0n) is 15.2. The highest BCUT2D eigenvalue weighted by Crippen LogP contribution is 2.52. The molecule has 2 N–H and O–H groups in total. The topological polar surface area (TPSA) is 73.8 Å². The molecule has 1 heterocycles. The fraction of sp³-hybridized carbons (Fsp3) is 0.722. The second-order valence-corrected chi connectivity index (χ2v) is 7.44. The third-order valence-electron chi connectivity index (χ3n) is 5.43. The van der Waals surface area contributed by atoms with Crippen molar-refractivity contribution in [3.8, 4) is 0 Å². The van der Waals surface area contributed by atoms with Gasteiger partial charge in [0.1, 0.15) is 0 Å². The number of hydrogen-bond donors (Lipinski definition) is 2. The number of halogens is 1. The highest BCUT2D eigenvalue weighted by Gasteiger charge is 2.58. The summed E-state index contributed by atoms with van der Waals surface area (Å²) in [5.74, 6) is 1.75. The van der Waals surface area contributed by atoms with E-state index in [9.17, 15) is 9.59 Å². The van der Waals surface area contributed by atoms with Crippen LogP contribution < -0.4 is 10.6 Å². The van der Waals surface area contributed by atoms with Gasteiger partial charge in [-0.15, -0.1) is 24.0 Å². The average molecular weight is 460 g/mol. The predicted molar refractivity (Wildman–Crippen MR) is 109 cm³/mol. The number of likely N-dealkylation sites (tertiary alicyclic amines) is 1. The van der Waals surface area contributed by atoms with Gasteiger partial charge >= 0.3 is 0 Å². The number of imide groups is 1. The van der Waals surface area contributed by atoms with Gasteiger partial charge in [-0.25, -0.2) is 0 Å². The molecule has 0 aromatic carbocycles. The molecule has 2 bridgehead atoms. The van der Waals surface area contributed by atoms with Gasteiger partial charge in [-0.2, -0.15) is 0 Å². The van der Waals surface area contributed by atoms with Crippen LogP contribution in [0.1, 0.15) is 26.7 Å². The summed E-state index contributed by atoms with van der Waals surface area (Å²) in [4.78, 5) is 30.8. The van der Waals surface area contributed by atoms with Crippen molar-refractivity contribution in [2.75, 3.05) is 26.7 Å². The average Bonchev–Trinajstić information content (AvgIpc) is 3.22. The van der Waals surface area contributed by atoms with Crippen molar-refractivity contribution < 1.29 is 9.59 Å². The molecule has 7 heteroatoms. The number of guanidine groups is 1. The first kappa shape index (κ1) is 20.2. The Morgan fingerprint density at radius 1 is 1.16 bits per heavy atom. The molecule has 1 saturated heterocycles. The number of carbonyl (C=O) groups is 2. The van der Waals surface area contributed by atoms with E-state index < -0.39 is 0 Å². The molecule has 2 amide bonds. The Labute approximate surface area is 166 Å². The minimum absolute atomic E-state index is 0. The van der Waals surface area contributed by atoms with Gasteiger partial charge in [0, 0.05) is 26.7 Å². The summed E-state index contributed by atoms with van der Waals surface area (Å²) in [5, 5.41) is 6.45. The summed E-state index contributed by atoms with van der Waals surface area (Å²) < 4.78 is 0. The molecule has 4 atom stereocenters. The Kier molecular flexibility index (Phi) is 6.87. The smallest absolute Gasteiger partial charge is 0.233 e. The van der Waals surface area contributed by atoms with Gasteiger partial charge < -0.3 is 10.6 Å². The zero-order valence-corrected chi connectivity index (χ0v) is 17.5. The maximum atomic E-state index is 12.6. The number of hydrogen-bond acceptors (Lipinski definition) is 3. The molecular formula is C18H29IN4O2. The van der Waals surface area contributed by atoms with Crippen molar-refractivity contribution in [1.82, 2.24) is 15.5 Å². The number of carbonyl (C=O) groups excluding carboxylic acids is 2. The molecule has 2 aliphatic carbocycles. The maximum Gasteiger partial charge on any atom is 0.233 e. The van der Waals surface area contributed by atoms with Crippen LogP contribution in [0, 0.1) is 29.6 Å². The second-order valence-electron chi connectivity index (χ2n) is 7.44. The van der Waals surface area contributed by atoms with Crippen molar-refractivity contribution in [3.63, 3.8) is 0 Å². The molecule has 4 unspecified atom stereocenters. The standard InChI is InChI=1S/C18H28N4O2.HI/c1-11(2)6-7-20-18(19-3)21-8-9-22-16(23)14-12-4-5-13(10-12)15(14)17(22)24;/h4-5,11-15H,6-10H2,1-3H3,(H2,19,20,21);1H. The van der Waals surface area contributed by atoms with Crippen molar-refractivity contribution in [3.05, 3.63) is 12.2 Å². The molecule has 1 saturated carbocycles. The van der Waals surface area contributed by atoms with E-state index in [4.69, 9.17) is 0 Å². The van der Waals surface area contributed by atoms with Gasteiger partial charge in [0.15, 0.2) is 5.96 Å². The zero-order chi connectivity index (χ0) is 17.3. The van der Waals surface area contributed by atoms with Crippen LogP contribution in [-0.4, -0.2) is 49.4 Å². The van der Waals surface area contributed by atoms with Gasteiger partial charge in [0.25, 0.3) is 0 Å². The summed E-state index contributed by atoms with van der Waals surface area (Å²) in [6.45, 7) is 6.16. The fourth-order valence-corrected chi connectivity index (χ4v) is 4.17. The number of allylic oxidation sites excluding steroid dienone is 2. The van der Waals surface area contributed by atoms with Crippen LogP contribution in [0.3, 0.4) is 0 Å². The predicted octanol–water partition coefficient (Wildman–Crippen LogP) is 1.62. The highest BCUT2D eigenvalue weighted by molar-refractivity contribution is 14.0. The highest BCUT2D eigenvalue weighted by atomic mass is 127. The van der Waals surface area contributed by atoms with E-state index in [1.165, 1.54) is 4.90 Å². The summed E-state index contributed by atoms with van der Waals surface area (Å²) in [5.41, 5.74) is 0. The largest absolute Gasteiger partial charge is 0.356 e. The van der Waals surface area contributed by atoms with E-state index in [-0.39, 0.29) is 59.5 Å². The van der Waals surface area contributed by atoms with Crippen LogP contribution >= 0.6 is 24.0 Å². The Morgan fingerprint density at radius 2 is 1.72 bits per heavy atom.